The van der Waals surface area contributed by atoms with Crippen molar-refractivity contribution in [2.75, 3.05) is 17.8 Å². The van der Waals surface area contributed by atoms with E-state index in [1.807, 2.05) is 43.3 Å². The van der Waals surface area contributed by atoms with Gasteiger partial charge in [0.15, 0.2) is 5.65 Å². The fourth-order valence-electron chi connectivity index (χ4n) is 3.74. The first-order chi connectivity index (χ1) is 17.0. The molecule has 2 aromatic carbocycles. The molecule has 0 aliphatic carbocycles. The van der Waals surface area contributed by atoms with Crippen LogP contribution in [0.2, 0.25) is 5.02 Å². The van der Waals surface area contributed by atoms with Crippen molar-refractivity contribution in [3.8, 4) is 5.75 Å². The molecule has 0 atom stereocenters. The van der Waals surface area contributed by atoms with E-state index in [1.54, 1.807) is 24.4 Å². The number of benzene rings is 2. The Morgan fingerprint density at radius 3 is 2.77 bits per heavy atom. The lowest BCUT2D eigenvalue weighted by atomic mass is 10.1. The van der Waals surface area contributed by atoms with E-state index in [0.29, 0.717) is 33.4 Å². The number of allylic oxidation sites excluding steroid dienone is 1. The van der Waals surface area contributed by atoms with Crippen LogP contribution in [0.5, 0.6) is 5.75 Å². The summed E-state index contributed by atoms with van der Waals surface area (Å²) in [5.74, 6) is 0.865. The Hall–Kier alpha value is -3.36. The second-order valence-electron chi connectivity index (χ2n) is 7.80. The topological polar surface area (TPSA) is 84.0 Å². The molecule has 2 heterocycles. The normalized spacial score (nSPS) is 11.6. The van der Waals surface area contributed by atoms with Gasteiger partial charge in [0.05, 0.1) is 29.7 Å². The molecule has 0 radical (unpaired) electrons. The molecular formula is C26H26ClN5O2S. The predicted octanol–water partition coefficient (Wildman–Crippen LogP) is 6.45. The van der Waals surface area contributed by atoms with Gasteiger partial charge in [-0.15, -0.1) is 0 Å². The number of nitrogens with one attached hydrogen (secondary N) is 1. The molecule has 4 rings (SSSR count). The van der Waals surface area contributed by atoms with Crippen molar-refractivity contribution >= 4 is 46.1 Å². The lowest BCUT2D eigenvalue weighted by molar-refractivity contribution is 0.0994. The van der Waals surface area contributed by atoms with E-state index < -0.39 is 0 Å². The second-order valence-corrected chi connectivity index (χ2v) is 9.17. The average Bonchev–Trinajstić information content (AvgIpc) is 3.35. The summed E-state index contributed by atoms with van der Waals surface area (Å²) in [6.45, 7) is 3.99. The van der Waals surface area contributed by atoms with Gasteiger partial charge in [-0.2, -0.15) is 0 Å². The maximum absolute atomic E-state index is 14.1. The van der Waals surface area contributed by atoms with Crippen LogP contribution < -0.4 is 9.64 Å². The standard InChI is InChI=1S/C26H26ClN5O2S/c1-4-5-10-18(14-35-25-23-24(29-15-28-23)30-16-31-25)32(20-12-6-7-13-21(20)34-3)26(33)22-17(2)9-8-11-19(22)27/h6-13,15-16H,4-5,14H2,1-3H3,(H,28,29,30,31). The van der Waals surface area contributed by atoms with Gasteiger partial charge in [-0.3, -0.25) is 9.69 Å². The molecular weight excluding hydrogens is 482 g/mol. The van der Waals surface area contributed by atoms with Gasteiger partial charge in [-0.1, -0.05) is 67.0 Å². The minimum atomic E-state index is -0.213. The van der Waals surface area contributed by atoms with E-state index in [9.17, 15) is 4.79 Å². The summed E-state index contributed by atoms with van der Waals surface area (Å²) in [6, 6.07) is 13.0. The third-order valence-corrected chi connectivity index (χ3v) is 6.80. The zero-order chi connectivity index (χ0) is 24.8. The summed E-state index contributed by atoms with van der Waals surface area (Å²) >= 11 is 8.05. The molecule has 0 aliphatic rings. The second kappa shape index (κ2) is 11.4. The number of nitrogens with zero attached hydrogens (tertiary/aromatic N) is 4. The third kappa shape index (κ3) is 5.33. The van der Waals surface area contributed by atoms with Crippen molar-refractivity contribution in [3.05, 3.63) is 83.0 Å². The van der Waals surface area contributed by atoms with Crippen LogP contribution in [0.3, 0.4) is 0 Å². The summed E-state index contributed by atoms with van der Waals surface area (Å²) in [7, 11) is 1.60. The highest BCUT2D eigenvalue weighted by Gasteiger charge is 2.27. The number of hydrogen-bond acceptors (Lipinski definition) is 6. The number of unbranched alkanes of at least 4 members (excludes halogenated alkanes) is 1. The molecule has 0 aliphatic heterocycles. The summed E-state index contributed by atoms with van der Waals surface area (Å²) in [5.41, 5.74) is 4.11. The van der Waals surface area contributed by atoms with Crippen LogP contribution in [-0.2, 0) is 0 Å². The Morgan fingerprint density at radius 1 is 1.17 bits per heavy atom. The monoisotopic (exact) mass is 507 g/mol. The molecule has 4 aromatic rings. The molecule has 0 saturated carbocycles. The number of carbonyl (C=O) groups excluding carboxylic acids is 1. The van der Waals surface area contributed by atoms with Crippen LogP contribution in [0.4, 0.5) is 5.69 Å². The van der Waals surface area contributed by atoms with Crippen molar-refractivity contribution in [1.82, 2.24) is 19.9 Å². The van der Waals surface area contributed by atoms with Crippen molar-refractivity contribution in [1.29, 1.82) is 0 Å². The fourth-order valence-corrected chi connectivity index (χ4v) is 4.99. The maximum atomic E-state index is 14.1. The highest BCUT2D eigenvalue weighted by Crippen LogP contribution is 2.36. The van der Waals surface area contributed by atoms with E-state index in [-0.39, 0.29) is 5.91 Å². The molecule has 1 amide bonds. The number of carbonyl (C=O) groups is 1. The number of methoxy groups -OCH3 is 1. The molecule has 9 heteroatoms. The number of imidazole rings is 1. The molecule has 0 fully saturated rings. The first-order valence-electron chi connectivity index (χ1n) is 11.2. The number of aromatic amines is 1. The maximum Gasteiger partial charge on any atom is 0.264 e. The number of hydrogen-bond donors (Lipinski definition) is 1. The lowest BCUT2D eigenvalue weighted by Gasteiger charge is -2.28. The Kier molecular flexibility index (Phi) is 8.05. The molecule has 0 bridgehead atoms. The van der Waals surface area contributed by atoms with Crippen molar-refractivity contribution < 1.29 is 9.53 Å². The lowest BCUT2D eigenvalue weighted by Crippen LogP contribution is -2.32. The average molecular weight is 508 g/mol. The summed E-state index contributed by atoms with van der Waals surface area (Å²) in [4.78, 5) is 31.8. The first kappa shape index (κ1) is 24.8. The number of para-hydroxylation sites is 2. The molecule has 0 spiro atoms. The number of aryl methyl sites for hydroxylation is 1. The Labute approximate surface area is 213 Å². The fraction of sp³-hybridized carbons (Fsp3) is 0.231. The smallest absolute Gasteiger partial charge is 0.264 e. The van der Waals surface area contributed by atoms with Gasteiger partial charge in [0.1, 0.15) is 22.6 Å². The number of thioether (sulfide) groups is 1. The third-order valence-electron chi connectivity index (χ3n) is 5.47. The first-order valence-corrected chi connectivity index (χ1v) is 12.6. The van der Waals surface area contributed by atoms with Crippen LogP contribution in [0.1, 0.15) is 35.7 Å². The molecule has 7 nitrogen and oxygen atoms in total. The number of halogens is 1. The van der Waals surface area contributed by atoms with E-state index in [1.165, 1.54) is 18.1 Å². The Bertz CT molecular complexity index is 1350. The molecule has 1 N–H and O–H groups in total. The van der Waals surface area contributed by atoms with Crippen LogP contribution >= 0.6 is 23.4 Å². The zero-order valence-corrected chi connectivity index (χ0v) is 21.4. The van der Waals surface area contributed by atoms with Crippen LogP contribution in [-0.4, -0.2) is 38.7 Å². The number of amides is 1. The van der Waals surface area contributed by atoms with Crippen molar-refractivity contribution in [2.24, 2.45) is 0 Å². The largest absolute Gasteiger partial charge is 0.495 e. The van der Waals surface area contributed by atoms with Gasteiger partial charge in [0.2, 0.25) is 0 Å². The quantitative estimate of drug-likeness (QED) is 0.207. The summed E-state index contributed by atoms with van der Waals surface area (Å²) < 4.78 is 5.64. The van der Waals surface area contributed by atoms with Crippen LogP contribution in [0.15, 0.2) is 71.9 Å². The van der Waals surface area contributed by atoms with Crippen molar-refractivity contribution in [2.45, 2.75) is 31.7 Å². The Morgan fingerprint density at radius 2 is 2.00 bits per heavy atom. The van der Waals surface area contributed by atoms with Crippen LogP contribution in [0, 0.1) is 6.92 Å². The van der Waals surface area contributed by atoms with Gasteiger partial charge in [-0.25, -0.2) is 15.0 Å². The molecule has 0 unspecified atom stereocenters. The van der Waals surface area contributed by atoms with Gasteiger partial charge in [-0.05, 0) is 37.1 Å². The Balaban J connectivity index is 1.80. The summed E-state index contributed by atoms with van der Waals surface area (Å²) in [5, 5.41) is 1.17. The predicted molar refractivity (Wildman–Crippen MR) is 141 cm³/mol. The molecule has 2 aromatic heterocycles. The van der Waals surface area contributed by atoms with Gasteiger partial charge in [0, 0.05) is 11.4 Å². The van der Waals surface area contributed by atoms with E-state index in [4.69, 9.17) is 16.3 Å². The van der Waals surface area contributed by atoms with Crippen molar-refractivity contribution in [3.63, 3.8) is 0 Å². The number of ether oxygens (including phenoxy) is 1. The highest BCUT2D eigenvalue weighted by atomic mass is 35.5. The van der Waals surface area contributed by atoms with Gasteiger partial charge in [0.25, 0.3) is 5.91 Å². The van der Waals surface area contributed by atoms with E-state index in [0.717, 1.165) is 34.6 Å². The molecule has 180 valence electrons. The van der Waals surface area contributed by atoms with Gasteiger partial charge < -0.3 is 9.72 Å². The summed E-state index contributed by atoms with van der Waals surface area (Å²) in [6.07, 6.45) is 6.93. The molecule has 35 heavy (non-hydrogen) atoms. The minimum absolute atomic E-state index is 0.213. The minimum Gasteiger partial charge on any atom is -0.495 e. The van der Waals surface area contributed by atoms with E-state index in [2.05, 4.69) is 32.9 Å². The number of aromatic nitrogens is 4. The number of H-pyrrole nitrogens is 1. The zero-order valence-electron chi connectivity index (χ0n) is 19.8. The van der Waals surface area contributed by atoms with Gasteiger partial charge >= 0.3 is 0 Å². The SMILES string of the molecule is CCCC=C(CSc1ncnc2nc[nH]c12)N(C(=O)c1c(C)cccc1Cl)c1ccccc1OC. The number of rotatable bonds is 9. The molecule has 0 saturated heterocycles. The number of fused-ring (bicyclic) bond motifs is 1. The highest BCUT2D eigenvalue weighted by molar-refractivity contribution is 7.99. The van der Waals surface area contributed by atoms with Crippen LogP contribution in [0.25, 0.3) is 11.2 Å². The number of anilines is 1. The van der Waals surface area contributed by atoms with E-state index >= 15 is 0 Å².